The highest BCUT2D eigenvalue weighted by Crippen LogP contribution is 2.24. The first-order valence-corrected chi connectivity index (χ1v) is 7.45. The van der Waals surface area contributed by atoms with Crippen LogP contribution in [-0.4, -0.2) is 30.6 Å². The quantitative estimate of drug-likeness (QED) is 0.842. The first-order chi connectivity index (χ1) is 11.9. The molecule has 2 rings (SSSR count). The van der Waals surface area contributed by atoms with Gasteiger partial charge in [0.15, 0.2) is 0 Å². The molecule has 0 aliphatic carbocycles. The Labute approximate surface area is 144 Å². The molecule has 0 spiro atoms. The molecule has 2 N–H and O–H groups in total. The summed E-state index contributed by atoms with van der Waals surface area (Å²) in [4.78, 5) is 25.3. The summed E-state index contributed by atoms with van der Waals surface area (Å²) >= 11 is 0. The largest absolute Gasteiger partial charge is 0.478 e. The molecule has 0 radical (unpaired) electrons. The van der Waals surface area contributed by atoms with E-state index in [0.29, 0.717) is 12.2 Å². The van der Waals surface area contributed by atoms with Gasteiger partial charge in [-0.25, -0.2) is 9.18 Å². The van der Waals surface area contributed by atoms with Gasteiger partial charge in [0.2, 0.25) is 0 Å². The Hall–Kier alpha value is -3.40. The maximum atomic E-state index is 13.7. The Balaban J connectivity index is 2.27. The fourth-order valence-electron chi connectivity index (χ4n) is 2.30. The van der Waals surface area contributed by atoms with Crippen LogP contribution in [0.3, 0.4) is 0 Å². The van der Waals surface area contributed by atoms with Gasteiger partial charge < -0.3 is 15.3 Å². The number of amides is 1. The number of nitrogens with zero attached hydrogens (tertiary/aromatic N) is 2. The van der Waals surface area contributed by atoms with Gasteiger partial charge in [0, 0.05) is 19.3 Å². The molecule has 1 amide bonds. The van der Waals surface area contributed by atoms with Crippen molar-refractivity contribution in [2.45, 2.75) is 6.42 Å². The second-order valence-corrected chi connectivity index (χ2v) is 5.30. The predicted octanol–water partition coefficient (Wildman–Crippen LogP) is 3.13. The van der Waals surface area contributed by atoms with Crippen molar-refractivity contribution in [3.8, 4) is 6.07 Å². The molecule has 0 heterocycles. The van der Waals surface area contributed by atoms with Gasteiger partial charge >= 0.3 is 5.97 Å². The number of carboxylic acids is 1. The summed E-state index contributed by atoms with van der Waals surface area (Å²) in [6.45, 7) is 0.373. The van der Waals surface area contributed by atoms with E-state index in [9.17, 15) is 19.1 Å². The minimum absolute atomic E-state index is 0.0215. The second kappa shape index (κ2) is 7.93. The van der Waals surface area contributed by atoms with Crippen LogP contribution < -0.4 is 10.2 Å². The number of nitrogens with one attached hydrogen (secondary N) is 1. The number of rotatable bonds is 6. The Morgan fingerprint density at radius 1 is 1.24 bits per heavy atom. The van der Waals surface area contributed by atoms with Crippen molar-refractivity contribution in [1.82, 2.24) is 0 Å². The number of hydrogen-bond donors (Lipinski definition) is 2. The molecule has 0 fully saturated rings. The minimum atomic E-state index is -1.17. The monoisotopic (exact) mass is 341 g/mol. The van der Waals surface area contributed by atoms with Gasteiger partial charge in [-0.3, -0.25) is 4.79 Å². The topological polar surface area (TPSA) is 93.4 Å². The molecule has 0 unspecified atom stereocenters. The predicted molar refractivity (Wildman–Crippen MR) is 91.3 cm³/mol. The molecule has 0 atom stereocenters. The van der Waals surface area contributed by atoms with E-state index in [1.807, 2.05) is 6.07 Å². The Morgan fingerprint density at radius 3 is 2.60 bits per heavy atom. The van der Waals surface area contributed by atoms with Crippen molar-refractivity contribution in [1.29, 1.82) is 5.26 Å². The highest BCUT2D eigenvalue weighted by Gasteiger charge is 2.16. The zero-order chi connectivity index (χ0) is 18.4. The lowest BCUT2D eigenvalue weighted by Gasteiger charge is -2.20. The summed E-state index contributed by atoms with van der Waals surface area (Å²) in [5.74, 6) is -2.49. The van der Waals surface area contributed by atoms with Crippen molar-refractivity contribution < 1.29 is 19.1 Å². The lowest BCUT2D eigenvalue weighted by molar-refractivity contribution is 0.0697. The van der Waals surface area contributed by atoms with E-state index in [0.717, 1.165) is 0 Å². The van der Waals surface area contributed by atoms with E-state index >= 15 is 0 Å². The fraction of sp³-hybridized carbons (Fsp3) is 0.167. The average Bonchev–Trinajstić information content (AvgIpc) is 2.59. The molecule has 7 heteroatoms. The zero-order valence-electron chi connectivity index (χ0n) is 13.5. The summed E-state index contributed by atoms with van der Waals surface area (Å²) in [5, 5.41) is 20.5. The van der Waals surface area contributed by atoms with Crippen LogP contribution in [0.15, 0.2) is 42.5 Å². The van der Waals surface area contributed by atoms with E-state index in [2.05, 4.69) is 5.32 Å². The number of anilines is 2. The Kier molecular flexibility index (Phi) is 5.69. The van der Waals surface area contributed by atoms with Crippen molar-refractivity contribution in [2.75, 3.05) is 23.8 Å². The Morgan fingerprint density at radius 2 is 1.96 bits per heavy atom. The van der Waals surface area contributed by atoms with Gasteiger partial charge in [0.25, 0.3) is 5.91 Å². The average molecular weight is 341 g/mol. The number of carboxylic acid groups (broad SMARTS) is 1. The van der Waals surface area contributed by atoms with E-state index in [1.54, 1.807) is 11.9 Å². The summed E-state index contributed by atoms with van der Waals surface area (Å²) < 4.78 is 13.7. The zero-order valence-corrected chi connectivity index (χ0v) is 13.5. The molecule has 0 aliphatic rings. The number of carbonyl (C=O) groups excluding carboxylic acids is 1. The third-order valence-electron chi connectivity index (χ3n) is 3.57. The van der Waals surface area contributed by atoms with Crippen molar-refractivity contribution in [3.05, 3.63) is 59.4 Å². The maximum absolute atomic E-state index is 13.7. The summed E-state index contributed by atoms with van der Waals surface area (Å²) in [6.07, 6.45) is 0.251. The smallest absolute Gasteiger partial charge is 0.337 e. The first-order valence-electron chi connectivity index (χ1n) is 7.45. The van der Waals surface area contributed by atoms with Gasteiger partial charge in [-0.1, -0.05) is 12.1 Å². The summed E-state index contributed by atoms with van der Waals surface area (Å²) in [5.41, 5.74) is 0.510. The molecule has 25 heavy (non-hydrogen) atoms. The van der Waals surface area contributed by atoms with Crippen LogP contribution in [0.5, 0.6) is 0 Å². The highest BCUT2D eigenvalue weighted by atomic mass is 19.1. The molecule has 0 bridgehead atoms. The third-order valence-corrected chi connectivity index (χ3v) is 3.57. The molecule has 6 nitrogen and oxygen atoms in total. The molecule has 2 aromatic rings. The standard InChI is InChI=1S/C18H16FN3O3/c1-22(10-4-9-20)16-8-7-12(11-14(16)18(24)25)21-17(23)13-5-2-3-6-15(13)19/h2-3,5-8,11H,4,10H2,1H3,(H,21,23)(H,24,25). The van der Waals surface area contributed by atoms with Crippen molar-refractivity contribution >= 4 is 23.3 Å². The van der Waals surface area contributed by atoms with Gasteiger partial charge in [-0.15, -0.1) is 0 Å². The van der Waals surface area contributed by atoms with Gasteiger partial charge in [-0.2, -0.15) is 5.26 Å². The van der Waals surface area contributed by atoms with Crippen LogP contribution in [0.1, 0.15) is 27.1 Å². The number of nitriles is 1. The fourth-order valence-corrected chi connectivity index (χ4v) is 2.30. The number of aromatic carboxylic acids is 1. The van der Waals surface area contributed by atoms with Crippen LogP contribution in [0, 0.1) is 17.1 Å². The molecule has 0 aromatic heterocycles. The van der Waals surface area contributed by atoms with Gasteiger partial charge in [0.05, 0.1) is 29.3 Å². The number of benzene rings is 2. The van der Waals surface area contributed by atoms with E-state index in [1.165, 1.54) is 42.5 Å². The highest BCUT2D eigenvalue weighted by molar-refractivity contribution is 6.05. The summed E-state index contributed by atoms with van der Waals surface area (Å²) in [7, 11) is 1.68. The van der Waals surface area contributed by atoms with E-state index in [-0.39, 0.29) is 23.2 Å². The van der Waals surface area contributed by atoms with Crippen LogP contribution >= 0.6 is 0 Å². The third kappa shape index (κ3) is 4.32. The molecular weight excluding hydrogens is 325 g/mol. The van der Waals surface area contributed by atoms with Crippen molar-refractivity contribution in [2.24, 2.45) is 0 Å². The van der Waals surface area contributed by atoms with E-state index in [4.69, 9.17) is 5.26 Å². The van der Waals surface area contributed by atoms with Crippen LogP contribution in [0.2, 0.25) is 0 Å². The first kappa shape index (κ1) is 17.9. The Bertz CT molecular complexity index is 846. The summed E-state index contributed by atoms with van der Waals surface area (Å²) in [6, 6.07) is 11.9. The van der Waals surface area contributed by atoms with Crippen LogP contribution in [0.4, 0.5) is 15.8 Å². The molecule has 2 aromatic carbocycles. The van der Waals surface area contributed by atoms with Crippen LogP contribution in [-0.2, 0) is 0 Å². The molecule has 0 saturated carbocycles. The number of hydrogen-bond acceptors (Lipinski definition) is 4. The van der Waals surface area contributed by atoms with Crippen LogP contribution in [0.25, 0.3) is 0 Å². The normalized spacial score (nSPS) is 9.96. The molecular formula is C18H16FN3O3. The lowest BCUT2D eigenvalue weighted by atomic mass is 10.1. The van der Waals surface area contributed by atoms with Gasteiger partial charge in [-0.05, 0) is 30.3 Å². The SMILES string of the molecule is CN(CCC#N)c1ccc(NC(=O)c2ccccc2F)cc1C(=O)O. The number of halogens is 1. The molecule has 128 valence electrons. The van der Waals surface area contributed by atoms with Crippen molar-refractivity contribution in [3.63, 3.8) is 0 Å². The van der Waals surface area contributed by atoms with Gasteiger partial charge in [0.1, 0.15) is 5.82 Å². The molecule has 0 aliphatic heterocycles. The minimum Gasteiger partial charge on any atom is -0.478 e. The number of carbonyl (C=O) groups is 2. The molecule has 0 saturated heterocycles. The lowest BCUT2D eigenvalue weighted by Crippen LogP contribution is -2.21. The second-order valence-electron chi connectivity index (χ2n) is 5.30. The van der Waals surface area contributed by atoms with E-state index < -0.39 is 17.7 Å². The maximum Gasteiger partial charge on any atom is 0.337 e.